The number of sulfone groups is 1. The molecule has 0 bridgehead atoms. The number of hydrogen-bond acceptors (Lipinski definition) is 2. The van der Waals surface area contributed by atoms with Gasteiger partial charge in [0.1, 0.15) is 4.71 Å². The minimum absolute atomic E-state index is 0.293. The number of aryl methyl sites for hydroxylation is 1. The molecule has 0 amide bonds. The molecule has 0 aromatic heterocycles. The van der Waals surface area contributed by atoms with E-state index in [1.54, 1.807) is 30.3 Å². The van der Waals surface area contributed by atoms with Gasteiger partial charge < -0.3 is 0 Å². The van der Waals surface area contributed by atoms with E-state index in [9.17, 15) is 8.42 Å². The molecule has 0 saturated heterocycles. The molecule has 0 spiro atoms. The van der Waals surface area contributed by atoms with Crippen LogP contribution in [0.5, 0.6) is 0 Å². The summed E-state index contributed by atoms with van der Waals surface area (Å²) in [5.74, 6) is 0. The van der Waals surface area contributed by atoms with E-state index in [-0.39, 0.29) is 0 Å². The minimum Gasteiger partial charge on any atom is -0.222 e. The number of allylic oxidation sites excluding steroid dienone is 1. The van der Waals surface area contributed by atoms with Gasteiger partial charge in [-0.15, -0.1) is 18.2 Å². The molecule has 0 N–H and O–H groups in total. The maximum absolute atomic E-state index is 12.1. The summed E-state index contributed by atoms with van der Waals surface area (Å²) in [5.41, 5.74) is 1.03. The molecule has 0 aliphatic rings. The number of alkyl halides is 1. The topological polar surface area (TPSA) is 34.1 Å². The zero-order valence-corrected chi connectivity index (χ0v) is 11.5. The molecular weight excluding hydrogens is 256 g/mol. The zero-order valence-electron chi connectivity index (χ0n) is 9.90. The number of benzene rings is 1. The molecule has 17 heavy (non-hydrogen) atoms. The van der Waals surface area contributed by atoms with E-state index < -0.39 is 14.5 Å². The van der Waals surface area contributed by atoms with Gasteiger partial charge in [-0.2, -0.15) is 0 Å². The number of rotatable bonds is 6. The molecule has 1 aromatic carbocycles. The Morgan fingerprint density at radius 2 is 1.94 bits per heavy atom. The van der Waals surface area contributed by atoms with Gasteiger partial charge in [-0.25, -0.2) is 8.42 Å². The van der Waals surface area contributed by atoms with Crippen molar-refractivity contribution >= 4 is 21.4 Å². The summed E-state index contributed by atoms with van der Waals surface area (Å²) in [6.07, 6.45) is 3.74. The lowest BCUT2D eigenvalue weighted by molar-refractivity contribution is 0.586. The highest BCUT2D eigenvalue weighted by Crippen LogP contribution is 2.23. The van der Waals surface area contributed by atoms with Gasteiger partial charge in [-0.3, -0.25) is 0 Å². The highest BCUT2D eigenvalue weighted by atomic mass is 35.5. The van der Waals surface area contributed by atoms with Crippen molar-refractivity contribution in [2.45, 2.75) is 35.8 Å². The molecule has 0 radical (unpaired) electrons. The van der Waals surface area contributed by atoms with Crippen LogP contribution in [0.1, 0.15) is 24.8 Å². The Kier molecular flexibility index (Phi) is 5.22. The fourth-order valence-corrected chi connectivity index (χ4v) is 3.20. The van der Waals surface area contributed by atoms with Gasteiger partial charge in [-0.05, 0) is 38.3 Å². The molecule has 0 fully saturated rings. The first-order valence-electron chi connectivity index (χ1n) is 5.54. The van der Waals surface area contributed by atoms with E-state index >= 15 is 0 Å². The zero-order chi connectivity index (χ0) is 12.9. The van der Waals surface area contributed by atoms with Gasteiger partial charge in [0.25, 0.3) is 0 Å². The standard InChI is InChI=1S/C13H17ClO2S/c1-3-4-5-6-13(14)17(15,16)12-9-7-11(2)8-10-12/h3,7-10,13H,1,4-6H2,2H3. The molecule has 0 aliphatic heterocycles. The molecule has 4 heteroatoms. The minimum atomic E-state index is -3.41. The summed E-state index contributed by atoms with van der Waals surface area (Å²) in [6.45, 7) is 5.51. The lowest BCUT2D eigenvalue weighted by Gasteiger charge is -2.10. The van der Waals surface area contributed by atoms with Crippen molar-refractivity contribution in [3.63, 3.8) is 0 Å². The van der Waals surface area contributed by atoms with Gasteiger partial charge >= 0.3 is 0 Å². The lowest BCUT2D eigenvalue weighted by atomic mass is 10.2. The van der Waals surface area contributed by atoms with Crippen LogP contribution in [0, 0.1) is 6.92 Å². The van der Waals surface area contributed by atoms with Crippen molar-refractivity contribution in [2.24, 2.45) is 0 Å². The highest BCUT2D eigenvalue weighted by Gasteiger charge is 2.24. The Morgan fingerprint density at radius 1 is 1.35 bits per heavy atom. The first-order valence-corrected chi connectivity index (χ1v) is 7.52. The predicted octanol–water partition coefficient (Wildman–Crippen LogP) is 3.69. The van der Waals surface area contributed by atoms with Crippen LogP contribution in [-0.2, 0) is 9.84 Å². The van der Waals surface area contributed by atoms with E-state index in [0.29, 0.717) is 11.3 Å². The van der Waals surface area contributed by atoms with Crippen molar-refractivity contribution in [1.82, 2.24) is 0 Å². The third-order valence-electron chi connectivity index (χ3n) is 2.53. The molecule has 1 atom stereocenters. The number of unbranched alkanes of at least 4 members (excludes halogenated alkanes) is 1. The third kappa shape index (κ3) is 3.86. The maximum Gasteiger partial charge on any atom is 0.195 e. The first-order chi connectivity index (χ1) is 7.98. The van der Waals surface area contributed by atoms with Crippen molar-refractivity contribution in [1.29, 1.82) is 0 Å². The highest BCUT2D eigenvalue weighted by molar-refractivity contribution is 7.93. The molecule has 1 unspecified atom stereocenters. The molecule has 1 aromatic rings. The van der Waals surface area contributed by atoms with E-state index in [4.69, 9.17) is 11.6 Å². The molecule has 94 valence electrons. The fraction of sp³-hybridized carbons (Fsp3) is 0.385. The molecule has 0 saturated carbocycles. The van der Waals surface area contributed by atoms with E-state index in [1.807, 2.05) is 6.92 Å². The average molecular weight is 273 g/mol. The van der Waals surface area contributed by atoms with Gasteiger partial charge in [0, 0.05) is 0 Å². The third-order valence-corrected chi connectivity index (χ3v) is 5.29. The Bertz CT molecular complexity index is 463. The second-order valence-electron chi connectivity index (χ2n) is 3.99. The van der Waals surface area contributed by atoms with Crippen molar-refractivity contribution in [2.75, 3.05) is 0 Å². The van der Waals surface area contributed by atoms with Crippen molar-refractivity contribution in [3.05, 3.63) is 42.5 Å². The van der Waals surface area contributed by atoms with E-state index in [2.05, 4.69) is 6.58 Å². The first kappa shape index (κ1) is 14.3. The summed E-state index contributed by atoms with van der Waals surface area (Å²) in [6, 6.07) is 6.77. The van der Waals surface area contributed by atoms with Crippen molar-refractivity contribution < 1.29 is 8.42 Å². The van der Waals surface area contributed by atoms with Crippen LogP contribution < -0.4 is 0 Å². The molecule has 0 heterocycles. The van der Waals surface area contributed by atoms with Gasteiger partial charge in [0.2, 0.25) is 0 Å². The second kappa shape index (κ2) is 6.22. The van der Waals surface area contributed by atoms with Crippen LogP contribution in [0.3, 0.4) is 0 Å². The number of hydrogen-bond donors (Lipinski definition) is 0. The average Bonchev–Trinajstić information content (AvgIpc) is 2.29. The molecule has 0 aliphatic carbocycles. The SMILES string of the molecule is C=CCCCC(Cl)S(=O)(=O)c1ccc(C)cc1. The second-order valence-corrected chi connectivity index (χ2v) is 6.90. The van der Waals surface area contributed by atoms with Gasteiger partial charge in [0.15, 0.2) is 9.84 Å². The van der Waals surface area contributed by atoms with Crippen LogP contribution >= 0.6 is 11.6 Å². The normalized spacial score (nSPS) is 13.3. The fourth-order valence-electron chi connectivity index (χ4n) is 1.45. The molecule has 1 rings (SSSR count). The van der Waals surface area contributed by atoms with Crippen LogP contribution in [0.25, 0.3) is 0 Å². The summed E-state index contributed by atoms with van der Waals surface area (Å²) < 4.78 is 23.3. The Labute approximate surface area is 108 Å². The van der Waals surface area contributed by atoms with E-state index in [1.165, 1.54) is 0 Å². The summed E-state index contributed by atoms with van der Waals surface area (Å²) >= 11 is 5.96. The Morgan fingerprint density at radius 3 is 2.47 bits per heavy atom. The molecule has 2 nitrogen and oxygen atoms in total. The van der Waals surface area contributed by atoms with Crippen LogP contribution in [0.4, 0.5) is 0 Å². The van der Waals surface area contributed by atoms with Gasteiger partial charge in [-0.1, -0.05) is 23.8 Å². The van der Waals surface area contributed by atoms with E-state index in [0.717, 1.165) is 18.4 Å². The Hall–Kier alpha value is -0.800. The summed E-state index contributed by atoms with van der Waals surface area (Å²) in [5, 5.41) is 0. The number of halogens is 1. The largest absolute Gasteiger partial charge is 0.222 e. The van der Waals surface area contributed by atoms with Crippen LogP contribution in [0.15, 0.2) is 41.8 Å². The monoisotopic (exact) mass is 272 g/mol. The van der Waals surface area contributed by atoms with Crippen molar-refractivity contribution in [3.8, 4) is 0 Å². The lowest BCUT2D eigenvalue weighted by Crippen LogP contribution is -2.15. The predicted molar refractivity (Wildman–Crippen MR) is 72.1 cm³/mol. The van der Waals surface area contributed by atoms with Crippen LogP contribution in [-0.4, -0.2) is 13.1 Å². The van der Waals surface area contributed by atoms with Gasteiger partial charge in [0.05, 0.1) is 4.90 Å². The quantitative estimate of drug-likeness (QED) is 0.450. The summed E-state index contributed by atoms with van der Waals surface area (Å²) in [7, 11) is -3.41. The maximum atomic E-state index is 12.1. The Balaban J connectivity index is 2.80. The summed E-state index contributed by atoms with van der Waals surface area (Å²) in [4.78, 5) is 0.293. The smallest absolute Gasteiger partial charge is 0.195 e. The molecular formula is C13H17ClO2S. The van der Waals surface area contributed by atoms with Crippen LogP contribution in [0.2, 0.25) is 0 Å².